The zero-order chi connectivity index (χ0) is 13.1. The van der Waals surface area contributed by atoms with Gasteiger partial charge in [0.1, 0.15) is 0 Å². The molecule has 0 saturated carbocycles. The number of nitrogen functional groups attached to an aromatic ring is 1. The second kappa shape index (κ2) is 4.88. The van der Waals surface area contributed by atoms with Crippen LogP contribution in [-0.2, 0) is 13.0 Å². The Labute approximate surface area is 94.8 Å². The highest BCUT2D eigenvalue weighted by Gasteiger charge is 2.32. The summed E-state index contributed by atoms with van der Waals surface area (Å²) in [4.78, 5) is 3.52. The Morgan fingerprint density at radius 1 is 1.47 bits per heavy atom. The van der Waals surface area contributed by atoms with E-state index in [0.29, 0.717) is 0 Å². The number of aromatic nitrogens is 1. The molecule has 0 spiro atoms. The third kappa shape index (κ3) is 3.49. The van der Waals surface area contributed by atoms with Crippen LogP contribution in [0.15, 0.2) is 6.07 Å². The topological polar surface area (TPSA) is 97.9 Å². The molecule has 4 N–H and O–H groups in total. The van der Waals surface area contributed by atoms with Crippen LogP contribution in [0, 0.1) is 11.3 Å². The van der Waals surface area contributed by atoms with Crippen molar-refractivity contribution in [2.45, 2.75) is 19.3 Å². The predicted molar refractivity (Wildman–Crippen MR) is 52.5 cm³/mol. The van der Waals surface area contributed by atoms with Crippen LogP contribution in [0.3, 0.4) is 0 Å². The molecule has 17 heavy (non-hydrogen) atoms. The van der Waals surface area contributed by atoms with Crippen molar-refractivity contribution in [3.63, 3.8) is 0 Å². The lowest BCUT2D eigenvalue weighted by Gasteiger charge is -2.12. The Balaban J connectivity index is 3.16. The largest absolute Gasteiger partial charge is 0.574 e. The lowest BCUT2D eigenvalue weighted by Crippen LogP contribution is -2.19. The maximum atomic E-state index is 12.0. The molecule has 92 valence electrons. The molecule has 0 bridgehead atoms. The van der Waals surface area contributed by atoms with Crippen LogP contribution in [0.2, 0.25) is 0 Å². The number of nitrogens with zero attached hydrogens (tertiary/aromatic N) is 2. The fraction of sp³-hybridized carbons (Fsp3) is 0.333. The Morgan fingerprint density at radius 3 is 2.59 bits per heavy atom. The van der Waals surface area contributed by atoms with Gasteiger partial charge in [-0.2, -0.15) is 5.26 Å². The van der Waals surface area contributed by atoms with E-state index in [9.17, 15) is 13.2 Å². The molecule has 1 aromatic rings. The van der Waals surface area contributed by atoms with E-state index in [-0.39, 0.29) is 29.9 Å². The van der Waals surface area contributed by atoms with Crippen molar-refractivity contribution in [2.24, 2.45) is 5.73 Å². The highest BCUT2D eigenvalue weighted by atomic mass is 19.4. The van der Waals surface area contributed by atoms with Crippen LogP contribution in [0.1, 0.15) is 11.3 Å². The van der Waals surface area contributed by atoms with Crippen LogP contribution >= 0.6 is 0 Å². The number of ether oxygens (including phenoxy) is 1. The first-order valence-electron chi connectivity index (χ1n) is 4.48. The Hall–Kier alpha value is -2.01. The number of alkyl halides is 3. The van der Waals surface area contributed by atoms with E-state index in [0.717, 1.165) is 6.07 Å². The second-order valence-electron chi connectivity index (χ2n) is 3.07. The van der Waals surface area contributed by atoms with Gasteiger partial charge in [-0.3, -0.25) is 0 Å². The summed E-state index contributed by atoms with van der Waals surface area (Å²) in [5.74, 6) is -0.669. The zero-order valence-corrected chi connectivity index (χ0v) is 8.58. The fourth-order valence-corrected chi connectivity index (χ4v) is 1.20. The molecule has 1 rings (SSSR count). The van der Waals surface area contributed by atoms with Crippen molar-refractivity contribution in [2.75, 3.05) is 5.73 Å². The summed E-state index contributed by atoms with van der Waals surface area (Å²) < 4.78 is 39.7. The van der Waals surface area contributed by atoms with E-state index in [1.54, 1.807) is 6.07 Å². The number of anilines is 1. The number of nitriles is 1. The third-order valence-corrected chi connectivity index (χ3v) is 1.88. The van der Waals surface area contributed by atoms with Gasteiger partial charge in [0.05, 0.1) is 23.9 Å². The summed E-state index contributed by atoms with van der Waals surface area (Å²) in [6.45, 7) is -0.140. The van der Waals surface area contributed by atoms with Crippen LogP contribution in [0.25, 0.3) is 0 Å². The van der Waals surface area contributed by atoms with Crippen molar-refractivity contribution < 1.29 is 17.9 Å². The minimum absolute atomic E-state index is 0.0667. The van der Waals surface area contributed by atoms with E-state index >= 15 is 0 Å². The van der Waals surface area contributed by atoms with Gasteiger partial charge in [-0.15, -0.1) is 13.2 Å². The van der Waals surface area contributed by atoms with E-state index in [1.807, 2.05) is 0 Å². The summed E-state index contributed by atoms with van der Waals surface area (Å²) in [5, 5.41) is 8.51. The van der Waals surface area contributed by atoms with Gasteiger partial charge in [-0.25, -0.2) is 4.98 Å². The fourth-order valence-electron chi connectivity index (χ4n) is 1.20. The first-order valence-corrected chi connectivity index (χ1v) is 4.48. The monoisotopic (exact) mass is 246 g/mol. The number of hydrogen-bond donors (Lipinski definition) is 2. The highest BCUT2D eigenvalue weighted by Crippen LogP contribution is 2.26. The van der Waals surface area contributed by atoms with Crippen molar-refractivity contribution >= 4 is 5.69 Å². The number of halogens is 3. The molecular formula is C9H9F3N4O. The molecule has 8 heteroatoms. The summed E-state index contributed by atoms with van der Waals surface area (Å²) >= 11 is 0. The Morgan fingerprint density at radius 2 is 2.12 bits per heavy atom. The van der Waals surface area contributed by atoms with Crippen LogP contribution in [-0.4, -0.2) is 11.3 Å². The maximum absolute atomic E-state index is 12.0. The molecule has 1 aromatic heterocycles. The predicted octanol–water partition coefficient (Wildman–Crippen LogP) is 1.09. The molecule has 0 aliphatic rings. The lowest BCUT2D eigenvalue weighted by molar-refractivity contribution is -0.276. The number of pyridine rings is 1. The molecule has 0 radical (unpaired) electrons. The molecule has 0 aromatic carbocycles. The lowest BCUT2D eigenvalue weighted by atomic mass is 10.1. The average molecular weight is 246 g/mol. The van der Waals surface area contributed by atoms with Crippen LogP contribution in [0.4, 0.5) is 18.9 Å². The SMILES string of the molecule is N#CCc1cc(OC(F)(F)F)nc(CN)c1N. The molecule has 0 amide bonds. The van der Waals surface area contributed by atoms with Gasteiger partial charge in [-0.05, 0) is 5.56 Å². The highest BCUT2D eigenvalue weighted by molar-refractivity contribution is 5.53. The smallest absolute Gasteiger partial charge is 0.397 e. The van der Waals surface area contributed by atoms with E-state index in [2.05, 4.69) is 9.72 Å². The van der Waals surface area contributed by atoms with E-state index in [4.69, 9.17) is 16.7 Å². The van der Waals surface area contributed by atoms with Crippen molar-refractivity contribution in [3.05, 3.63) is 17.3 Å². The normalized spacial score (nSPS) is 11.0. The molecular weight excluding hydrogens is 237 g/mol. The number of nitrogens with two attached hydrogens (primary N) is 2. The van der Waals surface area contributed by atoms with Gasteiger partial charge in [0.25, 0.3) is 0 Å². The standard InChI is InChI=1S/C9H9F3N4O/c10-9(11,12)17-7-3-5(1-2-13)8(15)6(4-14)16-7/h3H,1,4,14-15H2. The van der Waals surface area contributed by atoms with Crippen molar-refractivity contribution in [3.8, 4) is 11.9 Å². The zero-order valence-electron chi connectivity index (χ0n) is 8.58. The van der Waals surface area contributed by atoms with Gasteiger partial charge >= 0.3 is 6.36 Å². The number of rotatable bonds is 3. The number of hydrogen-bond acceptors (Lipinski definition) is 5. The molecule has 0 aliphatic carbocycles. The molecule has 0 unspecified atom stereocenters. The first-order chi connectivity index (χ1) is 7.87. The van der Waals surface area contributed by atoms with Crippen LogP contribution in [0.5, 0.6) is 5.88 Å². The molecule has 5 nitrogen and oxygen atoms in total. The van der Waals surface area contributed by atoms with E-state index in [1.165, 1.54) is 0 Å². The Kier molecular flexibility index (Phi) is 3.75. The van der Waals surface area contributed by atoms with Gasteiger partial charge < -0.3 is 16.2 Å². The van der Waals surface area contributed by atoms with Gasteiger partial charge in [0.2, 0.25) is 5.88 Å². The molecule has 0 saturated heterocycles. The van der Waals surface area contributed by atoms with Crippen molar-refractivity contribution in [1.82, 2.24) is 4.98 Å². The Bertz CT molecular complexity index is 453. The quantitative estimate of drug-likeness (QED) is 0.831. The van der Waals surface area contributed by atoms with Crippen molar-refractivity contribution in [1.29, 1.82) is 5.26 Å². The summed E-state index contributed by atoms with van der Waals surface area (Å²) in [6, 6.07) is 2.76. The van der Waals surface area contributed by atoms with Gasteiger partial charge in [-0.1, -0.05) is 0 Å². The molecule has 0 aliphatic heterocycles. The second-order valence-corrected chi connectivity index (χ2v) is 3.07. The van der Waals surface area contributed by atoms with E-state index < -0.39 is 12.2 Å². The minimum Gasteiger partial charge on any atom is -0.397 e. The third-order valence-electron chi connectivity index (χ3n) is 1.88. The van der Waals surface area contributed by atoms with Gasteiger partial charge in [0.15, 0.2) is 0 Å². The summed E-state index contributed by atoms with van der Waals surface area (Å²) in [6.07, 6.45) is -4.99. The summed E-state index contributed by atoms with van der Waals surface area (Å²) in [7, 11) is 0. The molecule has 0 atom stereocenters. The molecule has 0 fully saturated rings. The minimum atomic E-state index is -4.85. The maximum Gasteiger partial charge on any atom is 0.574 e. The molecule has 1 heterocycles. The van der Waals surface area contributed by atoms with Gasteiger partial charge in [0, 0.05) is 12.6 Å². The van der Waals surface area contributed by atoms with Crippen LogP contribution < -0.4 is 16.2 Å². The summed E-state index contributed by atoms with van der Waals surface area (Å²) in [5.41, 5.74) is 11.3. The first kappa shape index (κ1) is 13.1. The average Bonchev–Trinajstić information content (AvgIpc) is 2.20.